The highest BCUT2D eigenvalue weighted by molar-refractivity contribution is 9.10. The van der Waals surface area contributed by atoms with Crippen molar-refractivity contribution in [2.75, 3.05) is 0 Å². The maximum absolute atomic E-state index is 10.9. The number of hydrogen-bond donors (Lipinski definition) is 1. The van der Waals surface area contributed by atoms with Crippen LogP contribution >= 0.6 is 27.7 Å². The topological polar surface area (TPSA) is 63.3 Å². The van der Waals surface area contributed by atoms with Crippen molar-refractivity contribution in [2.45, 2.75) is 24.0 Å². The SMILES string of the molecule is Cc1nc(Sc2ccc(C(=O)O)c(Br)c2)oc1C. The zero-order valence-electron chi connectivity index (χ0n) is 9.73. The third-order valence-corrected chi connectivity index (χ3v) is 3.88. The normalized spacial score (nSPS) is 10.6. The molecule has 1 N–H and O–H groups in total. The summed E-state index contributed by atoms with van der Waals surface area (Å²) in [4.78, 5) is 16.0. The van der Waals surface area contributed by atoms with E-state index in [0.29, 0.717) is 9.70 Å². The Morgan fingerprint density at radius 3 is 2.67 bits per heavy atom. The molecule has 0 saturated carbocycles. The van der Waals surface area contributed by atoms with Crippen LogP contribution in [-0.2, 0) is 0 Å². The van der Waals surface area contributed by atoms with Crippen LogP contribution in [0.3, 0.4) is 0 Å². The first-order valence-electron chi connectivity index (χ1n) is 5.12. The van der Waals surface area contributed by atoms with Crippen LogP contribution < -0.4 is 0 Å². The Bertz CT molecular complexity index is 590. The zero-order valence-corrected chi connectivity index (χ0v) is 12.1. The molecule has 0 spiro atoms. The standard InChI is InChI=1S/C12H10BrNO3S/c1-6-7(2)17-12(14-6)18-8-3-4-9(11(15)16)10(13)5-8/h3-5H,1-2H3,(H,15,16). The van der Waals surface area contributed by atoms with Gasteiger partial charge in [-0.1, -0.05) is 0 Å². The van der Waals surface area contributed by atoms with Crippen LogP contribution in [0.2, 0.25) is 0 Å². The number of aryl methyl sites for hydroxylation is 2. The van der Waals surface area contributed by atoms with E-state index in [-0.39, 0.29) is 5.56 Å². The molecule has 0 aliphatic heterocycles. The number of rotatable bonds is 3. The lowest BCUT2D eigenvalue weighted by molar-refractivity contribution is 0.0696. The van der Waals surface area contributed by atoms with Gasteiger partial charge in [-0.15, -0.1) is 0 Å². The lowest BCUT2D eigenvalue weighted by atomic mass is 10.2. The van der Waals surface area contributed by atoms with Crippen molar-refractivity contribution in [3.05, 3.63) is 39.7 Å². The molecule has 18 heavy (non-hydrogen) atoms. The molecule has 2 rings (SSSR count). The van der Waals surface area contributed by atoms with Crippen molar-refractivity contribution in [3.8, 4) is 0 Å². The first-order valence-corrected chi connectivity index (χ1v) is 6.73. The van der Waals surface area contributed by atoms with E-state index in [1.54, 1.807) is 18.2 Å². The van der Waals surface area contributed by atoms with Gasteiger partial charge in [0.1, 0.15) is 5.76 Å². The molecular formula is C12H10BrNO3S. The van der Waals surface area contributed by atoms with Crippen molar-refractivity contribution >= 4 is 33.7 Å². The Hall–Kier alpha value is -1.27. The quantitative estimate of drug-likeness (QED) is 0.926. The number of benzene rings is 1. The number of carboxylic acid groups (broad SMARTS) is 1. The molecular weight excluding hydrogens is 318 g/mol. The highest BCUT2D eigenvalue weighted by Gasteiger charge is 2.11. The van der Waals surface area contributed by atoms with E-state index >= 15 is 0 Å². The zero-order chi connectivity index (χ0) is 13.3. The molecule has 1 heterocycles. The van der Waals surface area contributed by atoms with E-state index < -0.39 is 5.97 Å². The Morgan fingerprint density at radius 2 is 2.17 bits per heavy atom. The van der Waals surface area contributed by atoms with Gasteiger partial charge in [0.15, 0.2) is 0 Å². The van der Waals surface area contributed by atoms with Crippen LogP contribution in [0.1, 0.15) is 21.8 Å². The van der Waals surface area contributed by atoms with Gasteiger partial charge in [-0.25, -0.2) is 9.78 Å². The van der Waals surface area contributed by atoms with Gasteiger partial charge in [0.2, 0.25) is 0 Å². The molecule has 0 fully saturated rings. The number of carboxylic acids is 1. The first kappa shape index (κ1) is 13.2. The van der Waals surface area contributed by atoms with E-state index in [1.165, 1.54) is 11.8 Å². The number of halogens is 1. The van der Waals surface area contributed by atoms with E-state index in [1.807, 2.05) is 13.8 Å². The second-order valence-corrected chi connectivity index (χ2v) is 5.55. The first-order chi connectivity index (χ1) is 8.47. The average Bonchev–Trinajstić information content (AvgIpc) is 2.57. The summed E-state index contributed by atoms with van der Waals surface area (Å²) < 4.78 is 6.00. The molecule has 0 atom stereocenters. The van der Waals surface area contributed by atoms with Crippen molar-refractivity contribution in [3.63, 3.8) is 0 Å². The molecule has 94 valence electrons. The smallest absolute Gasteiger partial charge is 0.336 e. The van der Waals surface area contributed by atoms with Crippen LogP contribution in [0.4, 0.5) is 0 Å². The summed E-state index contributed by atoms with van der Waals surface area (Å²) in [6.45, 7) is 3.74. The van der Waals surface area contributed by atoms with E-state index in [9.17, 15) is 4.79 Å². The number of carbonyl (C=O) groups is 1. The second kappa shape index (κ2) is 5.16. The van der Waals surface area contributed by atoms with Crippen LogP contribution in [0, 0.1) is 13.8 Å². The fraction of sp³-hybridized carbons (Fsp3) is 0.167. The van der Waals surface area contributed by atoms with Gasteiger partial charge in [-0.2, -0.15) is 0 Å². The molecule has 4 nitrogen and oxygen atoms in total. The summed E-state index contributed by atoms with van der Waals surface area (Å²) in [5, 5.41) is 9.47. The Balaban J connectivity index is 2.25. The molecule has 0 aliphatic carbocycles. The lowest BCUT2D eigenvalue weighted by Gasteiger charge is -2.01. The minimum atomic E-state index is -0.957. The number of aromatic nitrogens is 1. The third kappa shape index (κ3) is 2.76. The van der Waals surface area contributed by atoms with Gasteiger partial charge in [0, 0.05) is 9.37 Å². The third-order valence-electron chi connectivity index (χ3n) is 2.39. The summed E-state index contributed by atoms with van der Waals surface area (Å²) in [6, 6.07) is 5.02. The van der Waals surface area contributed by atoms with E-state index in [0.717, 1.165) is 16.3 Å². The predicted octanol–water partition coefficient (Wildman–Crippen LogP) is 3.90. The van der Waals surface area contributed by atoms with Gasteiger partial charge >= 0.3 is 5.97 Å². The fourth-order valence-corrected chi connectivity index (χ4v) is 2.88. The molecule has 0 amide bonds. The lowest BCUT2D eigenvalue weighted by Crippen LogP contribution is -1.97. The molecule has 6 heteroatoms. The van der Waals surface area contributed by atoms with Gasteiger partial charge in [-0.05, 0) is 59.7 Å². The van der Waals surface area contributed by atoms with Crippen LogP contribution in [-0.4, -0.2) is 16.1 Å². The van der Waals surface area contributed by atoms with Crippen LogP contribution in [0.5, 0.6) is 0 Å². The number of aromatic carboxylic acids is 1. The molecule has 0 unspecified atom stereocenters. The second-order valence-electron chi connectivity index (χ2n) is 3.67. The Morgan fingerprint density at radius 1 is 1.44 bits per heavy atom. The summed E-state index contributed by atoms with van der Waals surface area (Å²) in [5.74, 6) is -0.167. The number of hydrogen-bond acceptors (Lipinski definition) is 4. The Kier molecular flexibility index (Phi) is 3.77. The van der Waals surface area contributed by atoms with E-state index in [2.05, 4.69) is 20.9 Å². The highest BCUT2D eigenvalue weighted by Crippen LogP contribution is 2.31. The van der Waals surface area contributed by atoms with Crippen LogP contribution in [0.15, 0.2) is 37.2 Å². The van der Waals surface area contributed by atoms with Crippen LogP contribution in [0.25, 0.3) is 0 Å². The molecule has 0 aliphatic rings. The minimum absolute atomic E-state index is 0.235. The summed E-state index contributed by atoms with van der Waals surface area (Å²) in [7, 11) is 0. The molecule has 2 aromatic rings. The fourth-order valence-electron chi connectivity index (χ4n) is 1.32. The predicted molar refractivity (Wildman–Crippen MR) is 71.2 cm³/mol. The summed E-state index contributed by atoms with van der Waals surface area (Å²) in [6.07, 6.45) is 0. The maximum atomic E-state index is 10.9. The van der Waals surface area contributed by atoms with Gasteiger partial charge < -0.3 is 9.52 Å². The largest absolute Gasteiger partial charge is 0.478 e. The summed E-state index contributed by atoms with van der Waals surface area (Å²) >= 11 is 4.59. The van der Waals surface area contributed by atoms with E-state index in [4.69, 9.17) is 9.52 Å². The number of nitrogens with zero attached hydrogens (tertiary/aromatic N) is 1. The monoisotopic (exact) mass is 327 g/mol. The molecule has 0 saturated heterocycles. The Labute approximate surface area is 117 Å². The maximum Gasteiger partial charge on any atom is 0.336 e. The average molecular weight is 328 g/mol. The minimum Gasteiger partial charge on any atom is -0.478 e. The van der Waals surface area contributed by atoms with Crippen molar-refractivity contribution in [1.29, 1.82) is 0 Å². The molecule has 1 aromatic heterocycles. The van der Waals surface area contributed by atoms with Crippen molar-refractivity contribution in [2.24, 2.45) is 0 Å². The molecule has 0 radical (unpaired) electrons. The van der Waals surface area contributed by atoms with Crippen molar-refractivity contribution < 1.29 is 14.3 Å². The van der Waals surface area contributed by atoms with Gasteiger partial charge in [0.05, 0.1) is 11.3 Å². The molecule has 0 bridgehead atoms. The van der Waals surface area contributed by atoms with Crippen molar-refractivity contribution in [1.82, 2.24) is 4.98 Å². The summed E-state index contributed by atoms with van der Waals surface area (Å²) in [5.41, 5.74) is 1.10. The number of oxazole rings is 1. The van der Waals surface area contributed by atoms with Gasteiger partial charge in [-0.3, -0.25) is 0 Å². The molecule has 1 aromatic carbocycles. The highest BCUT2D eigenvalue weighted by atomic mass is 79.9. The van der Waals surface area contributed by atoms with Gasteiger partial charge in [0.25, 0.3) is 5.22 Å².